The van der Waals surface area contributed by atoms with E-state index in [1.807, 2.05) is 51.1 Å². The molecule has 3 unspecified atom stereocenters. The van der Waals surface area contributed by atoms with Gasteiger partial charge in [-0.1, -0.05) is 75.7 Å². The molecule has 0 fully saturated rings. The molecule has 0 saturated carbocycles. The summed E-state index contributed by atoms with van der Waals surface area (Å²) in [6.45, 7) is 16.4. The number of ether oxygens (including phenoxy) is 2. The smallest absolute Gasteiger partial charge is 0.408 e. The van der Waals surface area contributed by atoms with Gasteiger partial charge in [0.15, 0.2) is 0 Å². The minimum absolute atomic E-state index is 0.0109. The normalized spacial score (nSPS) is 13.7. The standard InChI is InChI=1S/C36H53N3O7/c1-10-11-21-39(32(42)27(22-24(2)3)38-34(44)46-36(7,8)9)30(26-19-15-16-20-29(26)40)31(41)37-28(33(43)45-35(4,5)6)23-25-17-13-12-14-18-25/h12-20,24,27-28,30,40H,10-11,21-23H2,1-9H3,(H,37,41)(H,38,44). The van der Waals surface area contributed by atoms with Crippen LogP contribution in [0.2, 0.25) is 0 Å². The molecule has 46 heavy (non-hydrogen) atoms. The quantitative estimate of drug-likeness (QED) is 0.214. The van der Waals surface area contributed by atoms with Crippen molar-refractivity contribution in [1.82, 2.24) is 15.5 Å². The number of amides is 3. The molecular formula is C36H53N3O7. The second kappa shape index (κ2) is 17.0. The Balaban J connectivity index is 2.61. The summed E-state index contributed by atoms with van der Waals surface area (Å²) in [6, 6.07) is 12.1. The van der Waals surface area contributed by atoms with Crippen molar-refractivity contribution in [3.8, 4) is 5.75 Å². The van der Waals surface area contributed by atoms with Crippen LogP contribution in [-0.2, 0) is 30.3 Å². The minimum atomic E-state index is -1.32. The molecule has 254 valence electrons. The van der Waals surface area contributed by atoms with Crippen LogP contribution in [0.25, 0.3) is 0 Å². The van der Waals surface area contributed by atoms with Gasteiger partial charge in [-0.05, 0) is 71.9 Å². The molecule has 0 spiro atoms. The molecule has 0 aromatic heterocycles. The van der Waals surface area contributed by atoms with Gasteiger partial charge < -0.3 is 30.1 Å². The molecule has 0 saturated heterocycles. The number of nitrogens with one attached hydrogen (secondary N) is 2. The second-order valence-electron chi connectivity index (χ2n) is 14.0. The van der Waals surface area contributed by atoms with Gasteiger partial charge in [0.2, 0.25) is 11.8 Å². The molecule has 0 radical (unpaired) electrons. The summed E-state index contributed by atoms with van der Waals surface area (Å²) in [6.07, 6.45) is 0.933. The Labute approximate surface area is 274 Å². The largest absolute Gasteiger partial charge is 0.508 e. The molecule has 2 aromatic rings. The summed E-state index contributed by atoms with van der Waals surface area (Å²) in [5.41, 5.74) is -0.609. The fraction of sp³-hybridized carbons (Fsp3) is 0.556. The molecule has 0 aliphatic rings. The van der Waals surface area contributed by atoms with E-state index in [-0.39, 0.29) is 36.6 Å². The first kappa shape index (κ1) is 38.1. The van der Waals surface area contributed by atoms with Crippen LogP contribution in [0.5, 0.6) is 5.75 Å². The molecule has 3 amide bonds. The zero-order valence-electron chi connectivity index (χ0n) is 28.9. The average molecular weight is 640 g/mol. The van der Waals surface area contributed by atoms with Gasteiger partial charge in [0.05, 0.1) is 0 Å². The zero-order valence-corrected chi connectivity index (χ0v) is 28.9. The van der Waals surface area contributed by atoms with Crippen LogP contribution in [-0.4, -0.2) is 63.7 Å². The number of aromatic hydroxyl groups is 1. The number of esters is 1. The predicted molar refractivity (Wildman–Crippen MR) is 178 cm³/mol. The number of nitrogens with zero attached hydrogens (tertiary/aromatic N) is 1. The molecule has 0 heterocycles. The van der Waals surface area contributed by atoms with Crippen molar-refractivity contribution < 1.29 is 33.8 Å². The van der Waals surface area contributed by atoms with Crippen molar-refractivity contribution in [3.05, 3.63) is 65.7 Å². The number of phenolic OH excluding ortho intramolecular Hbond substituents is 1. The Morgan fingerprint density at radius 2 is 1.41 bits per heavy atom. The Bertz CT molecular complexity index is 1300. The zero-order chi connectivity index (χ0) is 34.7. The Kier molecular flexibility index (Phi) is 14.1. The van der Waals surface area contributed by atoms with Crippen molar-refractivity contribution >= 4 is 23.9 Å². The minimum Gasteiger partial charge on any atom is -0.508 e. The summed E-state index contributed by atoms with van der Waals surface area (Å²) in [5.74, 6) is -1.98. The molecule has 2 aromatic carbocycles. The third-order valence-electron chi connectivity index (χ3n) is 6.81. The van der Waals surface area contributed by atoms with E-state index in [0.717, 1.165) is 5.56 Å². The van der Waals surface area contributed by atoms with Crippen molar-refractivity contribution in [2.75, 3.05) is 6.54 Å². The Morgan fingerprint density at radius 3 is 1.96 bits per heavy atom. The van der Waals surface area contributed by atoms with Crippen molar-refractivity contribution in [1.29, 1.82) is 0 Å². The topological polar surface area (TPSA) is 134 Å². The highest BCUT2D eigenvalue weighted by Crippen LogP contribution is 2.31. The van der Waals surface area contributed by atoms with Crippen LogP contribution in [0.4, 0.5) is 4.79 Å². The van der Waals surface area contributed by atoms with Crippen LogP contribution in [0, 0.1) is 5.92 Å². The van der Waals surface area contributed by atoms with E-state index in [1.165, 1.54) is 11.0 Å². The van der Waals surface area contributed by atoms with E-state index in [9.17, 15) is 24.3 Å². The number of alkyl carbamates (subject to hydrolysis) is 1. The number of phenols is 1. The summed E-state index contributed by atoms with van der Waals surface area (Å²) >= 11 is 0. The molecule has 0 bridgehead atoms. The summed E-state index contributed by atoms with van der Waals surface area (Å²) in [5, 5.41) is 16.5. The highest BCUT2D eigenvalue weighted by Gasteiger charge is 2.39. The van der Waals surface area contributed by atoms with Crippen LogP contribution in [0.1, 0.15) is 98.7 Å². The van der Waals surface area contributed by atoms with Gasteiger partial charge in [-0.25, -0.2) is 9.59 Å². The lowest BCUT2D eigenvalue weighted by atomic mass is 9.97. The van der Waals surface area contributed by atoms with Crippen LogP contribution >= 0.6 is 0 Å². The summed E-state index contributed by atoms with van der Waals surface area (Å²) in [7, 11) is 0. The molecular weight excluding hydrogens is 586 g/mol. The molecule has 3 atom stereocenters. The number of rotatable bonds is 14. The van der Waals surface area contributed by atoms with Gasteiger partial charge in [0.25, 0.3) is 0 Å². The van der Waals surface area contributed by atoms with Crippen LogP contribution in [0.3, 0.4) is 0 Å². The van der Waals surface area contributed by atoms with Gasteiger partial charge in [0.1, 0.15) is 35.1 Å². The predicted octanol–water partition coefficient (Wildman–Crippen LogP) is 6.07. The molecule has 0 aliphatic heterocycles. The van der Waals surface area contributed by atoms with Gasteiger partial charge in [-0.3, -0.25) is 9.59 Å². The lowest BCUT2D eigenvalue weighted by molar-refractivity contribution is -0.159. The third-order valence-corrected chi connectivity index (χ3v) is 6.81. The number of carbonyl (C=O) groups is 4. The van der Waals surface area contributed by atoms with E-state index >= 15 is 0 Å². The van der Waals surface area contributed by atoms with E-state index in [4.69, 9.17) is 9.47 Å². The van der Waals surface area contributed by atoms with Gasteiger partial charge in [-0.2, -0.15) is 0 Å². The maximum absolute atomic E-state index is 14.4. The fourth-order valence-electron chi connectivity index (χ4n) is 4.87. The molecule has 2 rings (SSSR count). The fourth-order valence-corrected chi connectivity index (χ4v) is 4.87. The van der Waals surface area contributed by atoms with E-state index in [0.29, 0.717) is 12.8 Å². The van der Waals surface area contributed by atoms with Crippen molar-refractivity contribution in [3.63, 3.8) is 0 Å². The van der Waals surface area contributed by atoms with E-state index in [1.54, 1.807) is 59.7 Å². The lowest BCUT2D eigenvalue weighted by Crippen LogP contribution is -2.55. The van der Waals surface area contributed by atoms with Crippen LogP contribution in [0.15, 0.2) is 54.6 Å². The Morgan fingerprint density at radius 1 is 0.826 bits per heavy atom. The van der Waals surface area contributed by atoms with Gasteiger partial charge in [0, 0.05) is 18.5 Å². The number of unbranched alkanes of at least 4 members (excludes halogenated alkanes) is 1. The highest BCUT2D eigenvalue weighted by atomic mass is 16.6. The first-order valence-corrected chi connectivity index (χ1v) is 16.1. The van der Waals surface area contributed by atoms with Crippen molar-refractivity contribution in [2.24, 2.45) is 5.92 Å². The third kappa shape index (κ3) is 12.7. The maximum Gasteiger partial charge on any atom is 0.408 e. The average Bonchev–Trinajstić information content (AvgIpc) is 2.93. The molecule has 10 heteroatoms. The van der Waals surface area contributed by atoms with E-state index < -0.39 is 53.2 Å². The van der Waals surface area contributed by atoms with E-state index in [2.05, 4.69) is 10.6 Å². The second-order valence-corrected chi connectivity index (χ2v) is 14.0. The number of benzene rings is 2. The Hall–Kier alpha value is -4.08. The first-order valence-electron chi connectivity index (χ1n) is 16.1. The highest BCUT2D eigenvalue weighted by molar-refractivity contribution is 5.94. The number of hydrogen-bond donors (Lipinski definition) is 3. The molecule has 3 N–H and O–H groups in total. The number of carbonyl (C=O) groups excluding carboxylic acids is 4. The van der Waals surface area contributed by atoms with Crippen LogP contribution < -0.4 is 10.6 Å². The molecule has 0 aliphatic carbocycles. The van der Waals surface area contributed by atoms with Gasteiger partial charge in [-0.15, -0.1) is 0 Å². The van der Waals surface area contributed by atoms with Crippen molar-refractivity contribution in [2.45, 2.75) is 117 Å². The molecule has 10 nitrogen and oxygen atoms in total. The lowest BCUT2D eigenvalue weighted by Gasteiger charge is -2.36. The maximum atomic E-state index is 14.4. The summed E-state index contributed by atoms with van der Waals surface area (Å²) < 4.78 is 11.1. The number of hydrogen-bond acceptors (Lipinski definition) is 7. The monoisotopic (exact) mass is 639 g/mol. The number of para-hydroxylation sites is 1. The summed E-state index contributed by atoms with van der Waals surface area (Å²) in [4.78, 5) is 56.5. The SMILES string of the molecule is CCCCN(C(=O)C(CC(C)C)NC(=O)OC(C)(C)C)C(C(=O)NC(Cc1ccccc1)C(=O)OC(C)(C)C)c1ccccc1O. The first-order chi connectivity index (χ1) is 21.4. The van der Waals surface area contributed by atoms with Gasteiger partial charge >= 0.3 is 12.1 Å².